The van der Waals surface area contributed by atoms with Gasteiger partial charge in [-0.15, -0.1) is 0 Å². The van der Waals surface area contributed by atoms with Crippen molar-refractivity contribution in [1.82, 2.24) is 4.90 Å². The average Bonchev–Trinajstić information content (AvgIpc) is 1.95. The topological polar surface area (TPSA) is 46.6 Å². The van der Waals surface area contributed by atoms with Gasteiger partial charge in [-0.3, -0.25) is 4.79 Å². The highest BCUT2D eigenvalue weighted by Crippen LogP contribution is 2.45. The average molecular weight is 211 g/mol. The monoisotopic (exact) mass is 211 g/mol. The van der Waals surface area contributed by atoms with Crippen LogP contribution < -0.4 is 0 Å². The lowest BCUT2D eigenvalue weighted by molar-refractivity contribution is -0.151. The first-order valence-corrected chi connectivity index (χ1v) is 5.34. The van der Waals surface area contributed by atoms with Crippen LogP contribution in [0.1, 0.15) is 33.6 Å². The van der Waals surface area contributed by atoms with Gasteiger partial charge in [-0.25, -0.2) is 4.79 Å². The molecule has 4 heteroatoms. The summed E-state index contributed by atoms with van der Waals surface area (Å²) in [5.74, 6) is 0.308. The Hall–Kier alpha value is -1.06. The van der Waals surface area contributed by atoms with Crippen molar-refractivity contribution in [2.24, 2.45) is 5.41 Å². The SMILES string of the molecule is CC(C)(C)OC(=O)N1CC2(CCC2=O)C1. The van der Waals surface area contributed by atoms with Crippen molar-refractivity contribution in [3.05, 3.63) is 0 Å². The van der Waals surface area contributed by atoms with Crippen LogP contribution in [0.3, 0.4) is 0 Å². The maximum absolute atomic E-state index is 11.6. The molecule has 0 bridgehead atoms. The summed E-state index contributed by atoms with van der Waals surface area (Å²) >= 11 is 0. The molecule has 0 radical (unpaired) electrons. The molecule has 1 spiro atoms. The van der Waals surface area contributed by atoms with E-state index in [0.717, 1.165) is 6.42 Å². The standard InChI is InChI=1S/C11H17NO3/c1-10(2,3)15-9(14)12-6-11(7-12)5-4-8(11)13/h4-7H2,1-3H3. The molecule has 2 fully saturated rings. The number of carbonyl (C=O) groups is 2. The Bertz CT molecular complexity index is 310. The van der Waals surface area contributed by atoms with Crippen LogP contribution in [0.5, 0.6) is 0 Å². The highest BCUT2D eigenvalue weighted by Gasteiger charge is 2.56. The molecule has 0 atom stereocenters. The van der Waals surface area contributed by atoms with Crippen LogP contribution in [0.2, 0.25) is 0 Å². The minimum absolute atomic E-state index is 0.184. The first kappa shape index (κ1) is 10.5. The number of amides is 1. The molecule has 1 aliphatic carbocycles. The summed E-state index contributed by atoms with van der Waals surface area (Å²) < 4.78 is 5.21. The highest BCUT2D eigenvalue weighted by molar-refractivity contribution is 5.93. The van der Waals surface area contributed by atoms with E-state index in [1.54, 1.807) is 4.90 Å². The van der Waals surface area contributed by atoms with Gasteiger partial charge in [0.25, 0.3) is 0 Å². The van der Waals surface area contributed by atoms with Gasteiger partial charge in [0.05, 0.1) is 5.41 Å². The molecule has 0 N–H and O–H groups in total. The smallest absolute Gasteiger partial charge is 0.410 e. The number of carbonyl (C=O) groups excluding carboxylic acids is 2. The van der Waals surface area contributed by atoms with E-state index in [1.165, 1.54) is 0 Å². The second kappa shape index (κ2) is 2.97. The number of likely N-dealkylation sites (tertiary alicyclic amines) is 1. The molecule has 2 rings (SSSR count). The van der Waals surface area contributed by atoms with E-state index in [2.05, 4.69) is 0 Å². The highest BCUT2D eigenvalue weighted by atomic mass is 16.6. The Morgan fingerprint density at radius 2 is 2.00 bits per heavy atom. The summed E-state index contributed by atoms with van der Waals surface area (Å²) in [7, 11) is 0. The van der Waals surface area contributed by atoms with Gasteiger partial charge in [0.1, 0.15) is 11.4 Å². The Labute approximate surface area is 89.6 Å². The first-order valence-electron chi connectivity index (χ1n) is 5.34. The fraction of sp³-hybridized carbons (Fsp3) is 0.818. The van der Waals surface area contributed by atoms with E-state index in [4.69, 9.17) is 4.74 Å². The molecule has 1 heterocycles. The summed E-state index contributed by atoms with van der Waals surface area (Å²) in [6.45, 7) is 6.64. The molecule has 0 aromatic rings. The number of hydrogen-bond acceptors (Lipinski definition) is 3. The van der Waals surface area contributed by atoms with E-state index in [-0.39, 0.29) is 11.5 Å². The second-order valence-electron chi connectivity index (χ2n) is 5.54. The molecular weight excluding hydrogens is 194 g/mol. The first-order chi connectivity index (χ1) is 6.82. The zero-order valence-corrected chi connectivity index (χ0v) is 9.50. The van der Waals surface area contributed by atoms with Gasteiger partial charge in [0.15, 0.2) is 0 Å². The van der Waals surface area contributed by atoms with Crippen molar-refractivity contribution in [1.29, 1.82) is 0 Å². The maximum Gasteiger partial charge on any atom is 0.410 e. The van der Waals surface area contributed by atoms with Crippen molar-refractivity contribution in [2.75, 3.05) is 13.1 Å². The minimum atomic E-state index is -0.455. The van der Waals surface area contributed by atoms with E-state index in [9.17, 15) is 9.59 Å². The third-order valence-electron chi connectivity index (χ3n) is 3.06. The fourth-order valence-corrected chi connectivity index (χ4v) is 2.06. The molecule has 0 aromatic carbocycles. The van der Waals surface area contributed by atoms with Crippen LogP contribution in [0.25, 0.3) is 0 Å². The summed E-state index contributed by atoms with van der Waals surface area (Å²) in [5, 5.41) is 0. The van der Waals surface area contributed by atoms with Crippen molar-refractivity contribution in [3.63, 3.8) is 0 Å². The molecule has 1 saturated carbocycles. The molecule has 15 heavy (non-hydrogen) atoms. The zero-order valence-electron chi connectivity index (χ0n) is 9.50. The van der Waals surface area contributed by atoms with E-state index in [1.807, 2.05) is 20.8 Å². The number of ether oxygens (including phenoxy) is 1. The molecule has 1 saturated heterocycles. The van der Waals surface area contributed by atoms with Gasteiger partial charge in [-0.1, -0.05) is 0 Å². The van der Waals surface area contributed by atoms with Gasteiger partial charge in [-0.05, 0) is 27.2 Å². The largest absolute Gasteiger partial charge is 0.444 e. The third-order valence-corrected chi connectivity index (χ3v) is 3.06. The number of ketones is 1. The predicted molar refractivity (Wildman–Crippen MR) is 54.5 cm³/mol. The van der Waals surface area contributed by atoms with E-state index in [0.29, 0.717) is 25.3 Å². The molecule has 0 unspecified atom stereocenters. The predicted octanol–water partition coefficient (Wildman–Crippen LogP) is 1.59. The summed E-state index contributed by atoms with van der Waals surface area (Å²) in [6.07, 6.45) is 1.32. The molecule has 2 aliphatic rings. The molecule has 84 valence electrons. The lowest BCUT2D eigenvalue weighted by Gasteiger charge is -2.53. The van der Waals surface area contributed by atoms with Crippen LogP contribution in [0.15, 0.2) is 0 Å². The summed E-state index contributed by atoms with van der Waals surface area (Å²) in [5.41, 5.74) is -0.639. The Morgan fingerprint density at radius 1 is 1.40 bits per heavy atom. The minimum Gasteiger partial charge on any atom is -0.444 e. The molecule has 1 amide bonds. The van der Waals surface area contributed by atoms with Crippen LogP contribution in [0, 0.1) is 5.41 Å². The number of hydrogen-bond donors (Lipinski definition) is 0. The van der Waals surface area contributed by atoms with Crippen molar-refractivity contribution < 1.29 is 14.3 Å². The summed E-state index contributed by atoms with van der Waals surface area (Å²) in [6, 6.07) is 0. The van der Waals surface area contributed by atoms with Gasteiger partial charge in [0.2, 0.25) is 0 Å². The van der Waals surface area contributed by atoms with Gasteiger partial charge in [0, 0.05) is 19.5 Å². The second-order valence-corrected chi connectivity index (χ2v) is 5.54. The van der Waals surface area contributed by atoms with E-state index < -0.39 is 5.60 Å². The van der Waals surface area contributed by atoms with Crippen molar-refractivity contribution in [3.8, 4) is 0 Å². The van der Waals surface area contributed by atoms with Crippen LogP contribution >= 0.6 is 0 Å². The van der Waals surface area contributed by atoms with Gasteiger partial charge >= 0.3 is 6.09 Å². The van der Waals surface area contributed by atoms with Gasteiger partial charge < -0.3 is 9.64 Å². The number of Topliss-reactive ketones (excluding diaryl/α,β-unsaturated/α-hetero) is 1. The fourth-order valence-electron chi connectivity index (χ4n) is 2.06. The Morgan fingerprint density at radius 3 is 2.33 bits per heavy atom. The number of nitrogens with zero attached hydrogens (tertiary/aromatic N) is 1. The lowest BCUT2D eigenvalue weighted by atomic mass is 9.62. The zero-order chi connectivity index (χ0) is 11.3. The maximum atomic E-state index is 11.6. The van der Waals surface area contributed by atoms with Gasteiger partial charge in [-0.2, -0.15) is 0 Å². The molecule has 0 aromatic heterocycles. The van der Waals surface area contributed by atoms with Crippen LogP contribution in [0.4, 0.5) is 4.79 Å². The third kappa shape index (κ3) is 1.73. The normalized spacial score (nSPS) is 23.4. The molecular formula is C11H17NO3. The Kier molecular flexibility index (Phi) is 2.07. The lowest BCUT2D eigenvalue weighted by Crippen LogP contribution is -2.66. The quantitative estimate of drug-likeness (QED) is 0.611. The van der Waals surface area contributed by atoms with Crippen LogP contribution in [-0.2, 0) is 9.53 Å². The molecule has 4 nitrogen and oxygen atoms in total. The number of rotatable bonds is 0. The van der Waals surface area contributed by atoms with E-state index >= 15 is 0 Å². The van der Waals surface area contributed by atoms with Crippen molar-refractivity contribution >= 4 is 11.9 Å². The molecule has 1 aliphatic heterocycles. The van der Waals surface area contributed by atoms with Crippen LogP contribution in [-0.4, -0.2) is 35.5 Å². The summed E-state index contributed by atoms with van der Waals surface area (Å²) in [4.78, 5) is 24.5. The Balaban J connectivity index is 1.84. The van der Waals surface area contributed by atoms with Crippen molar-refractivity contribution in [2.45, 2.75) is 39.2 Å².